The van der Waals surface area contributed by atoms with Crippen LogP contribution in [0.3, 0.4) is 0 Å². The van der Waals surface area contributed by atoms with Crippen molar-refractivity contribution in [2.75, 3.05) is 6.54 Å². The molecule has 34 valence electrons. The van der Waals surface area contributed by atoms with Crippen LogP contribution in [0.4, 0.5) is 0 Å². The SMILES string of the molecule is CCNO.S. The Morgan fingerprint density at radius 2 is 2.00 bits per heavy atom. The Bertz CT molecular complexity index is 11.6. The lowest BCUT2D eigenvalue weighted by molar-refractivity contribution is 0.173. The smallest absolute Gasteiger partial charge is 0.0179 e. The molecule has 0 saturated carbocycles. The molecule has 3 heteroatoms. The highest BCUT2D eigenvalue weighted by molar-refractivity contribution is 7.59. The van der Waals surface area contributed by atoms with Gasteiger partial charge >= 0.3 is 0 Å². The van der Waals surface area contributed by atoms with E-state index in [1.165, 1.54) is 0 Å². The first kappa shape index (κ1) is 8.99. The van der Waals surface area contributed by atoms with Crippen molar-refractivity contribution in [2.45, 2.75) is 6.92 Å². The number of hydrogen-bond acceptors (Lipinski definition) is 2. The maximum atomic E-state index is 7.62. The van der Waals surface area contributed by atoms with Crippen molar-refractivity contribution in [2.24, 2.45) is 0 Å². The van der Waals surface area contributed by atoms with Gasteiger partial charge in [0.25, 0.3) is 0 Å². The molecule has 0 saturated heterocycles. The number of hydrogen-bond donors (Lipinski definition) is 2. The summed E-state index contributed by atoms with van der Waals surface area (Å²) in [5.74, 6) is 0. The van der Waals surface area contributed by atoms with Gasteiger partial charge in [-0.3, -0.25) is 0 Å². The summed E-state index contributed by atoms with van der Waals surface area (Å²) in [7, 11) is 0. The monoisotopic (exact) mass is 95.0 g/mol. The van der Waals surface area contributed by atoms with Crippen LogP contribution >= 0.6 is 13.5 Å². The van der Waals surface area contributed by atoms with Crippen LogP contribution in [0.1, 0.15) is 6.92 Å². The van der Waals surface area contributed by atoms with E-state index in [9.17, 15) is 0 Å². The van der Waals surface area contributed by atoms with Crippen molar-refractivity contribution in [3.63, 3.8) is 0 Å². The van der Waals surface area contributed by atoms with Gasteiger partial charge < -0.3 is 5.21 Å². The average Bonchev–Trinajstić information content (AvgIpc) is 1.37. The van der Waals surface area contributed by atoms with Crippen molar-refractivity contribution >= 4 is 13.5 Å². The van der Waals surface area contributed by atoms with Crippen molar-refractivity contribution in [1.82, 2.24) is 5.48 Å². The molecule has 0 bridgehead atoms. The zero-order valence-electron chi connectivity index (χ0n) is 3.15. The summed E-state index contributed by atoms with van der Waals surface area (Å²) < 4.78 is 0. The first-order chi connectivity index (χ1) is 1.91. The van der Waals surface area contributed by atoms with E-state index in [1.54, 1.807) is 0 Å². The molecular weight excluding hydrogens is 86.1 g/mol. The van der Waals surface area contributed by atoms with Crippen LogP contribution in [0.25, 0.3) is 0 Å². The van der Waals surface area contributed by atoms with E-state index in [0.717, 1.165) is 0 Å². The first-order valence-corrected chi connectivity index (χ1v) is 1.28. The molecule has 0 radical (unpaired) electrons. The van der Waals surface area contributed by atoms with Crippen LogP contribution in [0, 0.1) is 0 Å². The van der Waals surface area contributed by atoms with Gasteiger partial charge in [0.1, 0.15) is 0 Å². The van der Waals surface area contributed by atoms with Crippen LogP contribution < -0.4 is 5.48 Å². The molecule has 0 spiro atoms. The number of rotatable bonds is 1. The fraction of sp³-hybridized carbons (Fsp3) is 1.00. The Balaban J connectivity index is 0. The molecule has 0 aromatic rings. The quantitative estimate of drug-likeness (QED) is 0.453. The van der Waals surface area contributed by atoms with Gasteiger partial charge in [0, 0.05) is 6.54 Å². The minimum Gasteiger partial charge on any atom is -0.317 e. The third-order valence-electron chi connectivity index (χ3n) is 0.158. The van der Waals surface area contributed by atoms with Crippen LogP contribution in [0.15, 0.2) is 0 Å². The lowest BCUT2D eigenvalue weighted by Crippen LogP contribution is -2.02. The molecule has 0 aliphatic heterocycles. The molecule has 0 aromatic carbocycles. The second-order valence-electron chi connectivity index (χ2n) is 0.512. The molecule has 0 aromatic heterocycles. The third-order valence-corrected chi connectivity index (χ3v) is 0.158. The number of hydroxylamine groups is 1. The van der Waals surface area contributed by atoms with E-state index in [4.69, 9.17) is 5.21 Å². The summed E-state index contributed by atoms with van der Waals surface area (Å²) >= 11 is 0. The van der Waals surface area contributed by atoms with Gasteiger partial charge in [-0.1, -0.05) is 6.92 Å². The van der Waals surface area contributed by atoms with Crippen molar-refractivity contribution in [3.05, 3.63) is 0 Å². The molecule has 0 aliphatic rings. The third kappa shape index (κ3) is 13.6. The lowest BCUT2D eigenvalue weighted by Gasteiger charge is -1.75. The zero-order valence-corrected chi connectivity index (χ0v) is 4.15. The van der Waals surface area contributed by atoms with Gasteiger partial charge in [-0.2, -0.15) is 13.5 Å². The highest BCUT2D eigenvalue weighted by Crippen LogP contribution is 1.34. The molecule has 0 unspecified atom stereocenters. The molecule has 0 atom stereocenters. The van der Waals surface area contributed by atoms with E-state index >= 15 is 0 Å². The fourth-order valence-electron chi connectivity index (χ4n) is 0. The van der Waals surface area contributed by atoms with Crippen LogP contribution in [0.2, 0.25) is 0 Å². The first-order valence-electron chi connectivity index (χ1n) is 1.28. The Morgan fingerprint density at radius 3 is 2.00 bits per heavy atom. The topological polar surface area (TPSA) is 32.3 Å². The molecule has 2 nitrogen and oxygen atoms in total. The Labute approximate surface area is 38.6 Å². The van der Waals surface area contributed by atoms with Crippen LogP contribution in [-0.2, 0) is 0 Å². The second kappa shape index (κ2) is 8.86. The van der Waals surface area contributed by atoms with Gasteiger partial charge in [0.15, 0.2) is 0 Å². The summed E-state index contributed by atoms with van der Waals surface area (Å²) in [5, 5.41) is 7.62. The van der Waals surface area contributed by atoms with E-state index < -0.39 is 0 Å². The number of nitrogens with one attached hydrogen (secondary N) is 1. The van der Waals surface area contributed by atoms with Gasteiger partial charge in [-0.15, -0.1) is 0 Å². The normalized spacial score (nSPS) is 6.00. The second-order valence-corrected chi connectivity index (χ2v) is 0.512. The fourth-order valence-corrected chi connectivity index (χ4v) is 0. The highest BCUT2D eigenvalue weighted by atomic mass is 32.1. The molecule has 0 heterocycles. The van der Waals surface area contributed by atoms with Gasteiger partial charge in [0.2, 0.25) is 0 Å². The summed E-state index contributed by atoms with van der Waals surface area (Å²) in [6.45, 7) is 2.44. The molecule has 5 heavy (non-hydrogen) atoms. The summed E-state index contributed by atoms with van der Waals surface area (Å²) in [6, 6.07) is 0. The maximum Gasteiger partial charge on any atom is 0.0179 e. The molecule has 0 aliphatic carbocycles. The van der Waals surface area contributed by atoms with E-state index in [1.807, 2.05) is 12.4 Å². The van der Waals surface area contributed by atoms with Crippen molar-refractivity contribution in [1.29, 1.82) is 0 Å². The predicted molar refractivity (Wildman–Crippen MR) is 25.8 cm³/mol. The van der Waals surface area contributed by atoms with E-state index in [0.29, 0.717) is 6.54 Å². The van der Waals surface area contributed by atoms with Gasteiger partial charge in [-0.05, 0) is 0 Å². The highest BCUT2D eigenvalue weighted by Gasteiger charge is 1.51. The molecule has 0 rings (SSSR count). The molecule has 0 fully saturated rings. The minimum absolute atomic E-state index is 0. The Kier molecular flexibility index (Phi) is 15.9. The zero-order chi connectivity index (χ0) is 3.41. The lowest BCUT2D eigenvalue weighted by atomic mass is 10.8. The summed E-state index contributed by atoms with van der Waals surface area (Å²) in [6.07, 6.45) is 0. The van der Waals surface area contributed by atoms with Gasteiger partial charge in [-0.25, -0.2) is 5.48 Å². The molecule has 0 amide bonds. The van der Waals surface area contributed by atoms with Gasteiger partial charge in [0.05, 0.1) is 0 Å². The maximum absolute atomic E-state index is 7.62. The van der Waals surface area contributed by atoms with Crippen LogP contribution in [-0.4, -0.2) is 11.8 Å². The summed E-state index contributed by atoms with van der Waals surface area (Å²) in [4.78, 5) is 0. The van der Waals surface area contributed by atoms with Crippen molar-refractivity contribution < 1.29 is 5.21 Å². The predicted octanol–water partition coefficient (Wildman–Crippen LogP) is 0.0979. The summed E-state index contributed by atoms with van der Waals surface area (Å²) in [5.41, 5.74) is 1.93. The van der Waals surface area contributed by atoms with E-state index in [-0.39, 0.29) is 13.5 Å². The minimum atomic E-state index is 0. The standard InChI is InChI=1S/C2H7NO.H2S/c1-2-3-4;/h3-4H,2H2,1H3;1H2. The largest absolute Gasteiger partial charge is 0.317 e. The Hall–Kier alpha value is 0.270. The Morgan fingerprint density at radius 1 is 1.80 bits per heavy atom. The molecular formula is C2H9NOS. The van der Waals surface area contributed by atoms with E-state index in [2.05, 4.69) is 0 Å². The van der Waals surface area contributed by atoms with Crippen molar-refractivity contribution in [3.8, 4) is 0 Å². The average molecular weight is 95.2 g/mol. The van der Waals surface area contributed by atoms with Crippen LogP contribution in [0.5, 0.6) is 0 Å². The molecule has 2 N–H and O–H groups in total.